The molecule has 0 bridgehead atoms. The van der Waals surface area contributed by atoms with Crippen LogP contribution in [-0.2, 0) is 0 Å². The molecule has 0 radical (unpaired) electrons. The molecule has 2 N–H and O–H groups in total. The van der Waals surface area contributed by atoms with Gasteiger partial charge in [0.05, 0.1) is 12.2 Å². The van der Waals surface area contributed by atoms with Crippen LogP contribution >= 0.6 is 0 Å². The Labute approximate surface area is 83.6 Å². The van der Waals surface area contributed by atoms with Gasteiger partial charge in [0, 0.05) is 12.4 Å². The van der Waals surface area contributed by atoms with Gasteiger partial charge < -0.3 is 5.73 Å². The third-order valence-electron chi connectivity index (χ3n) is 2.38. The average Bonchev–Trinajstić information content (AvgIpc) is 2.27. The van der Waals surface area contributed by atoms with Crippen LogP contribution in [0.25, 0.3) is 0 Å². The number of carbonyl (C=O) groups is 1. The van der Waals surface area contributed by atoms with E-state index in [-0.39, 0.29) is 11.7 Å². The summed E-state index contributed by atoms with van der Waals surface area (Å²) in [6.07, 6.45) is 5.36. The number of rotatable bonds is 4. The lowest BCUT2D eigenvalue weighted by atomic mass is 9.95. The first-order valence-electron chi connectivity index (χ1n) is 4.72. The number of carbonyl (C=O) groups excluding carboxylic acids is 1. The fraction of sp³-hybridized carbons (Fsp3) is 0.500. The van der Waals surface area contributed by atoms with Crippen LogP contribution in [0.3, 0.4) is 0 Å². The van der Waals surface area contributed by atoms with Crippen molar-refractivity contribution in [2.45, 2.75) is 26.3 Å². The zero-order valence-corrected chi connectivity index (χ0v) is 8.47. The van der Waals surface area contributed by atoms with Crippen LogP contribution < -0.4 is 5.73 Å². The highest BCUT2D eigenvalue weighted by molar-refractivity contribution is 5.98. The molecule has 14 heavy (non-hydrogen) atoms. The van der Waals surface area contributed by atoms with Gasteiger partial charge in [0.25, 0.3) is 0 Å². The Balaban J connectivity index is 2.76. The van der Waals surface area contributed by atoms with E-state index < -0.39 is 6.04 Å². The molecule has 1 heterocycles. The summed E-state index contributed by atoms with van der Waals surface area (Å²) in [5.41, 5.74) is 6.13. The maximum absolute atomic E-state index is 11.7. The predicted molar refractivity (Wildman–Crippen MR) is 53.8 cm³/mol. The van der Waals surface area contributed by atoms with E-state index in [2.05, 4.69) is 9.97 Å². The number of nitrogens with zero attached hydrogens (tertiary/aromatic N) is 2. The van der Waals surface area contributed by atoms with Gasteiger partial charge in [-0.1, -0.05) is 20.3 Å². The highest BCUT2D eigenvalue weighted by Gasteiger charge is 2.21. The van der Waals surface area contributed by atoms with Crippen LogP contribution in [0.1, 0.15) is 30.8 Å². The van der Waals surface area contributed by atoms with E-state index in [1.807, 2.05) is 13.8 Å². The zero-order chi connectivity index (χ0) is 10.6. The second kappa shape index (κ2) is 4.81. The van der Waals surface area contributed by atoms with Gasteiger partial charge in [-0.05, 0) is 5.92 Å². The van der Waals surface area contributed by atoms with E-state index in [0.717, 1.165) is 6.42 Å². The van der Waals surface area contributed by atoms with Gasteiger partial charge >= 0.3 is 0 Å². The first-order chi connectivity index (χ1) is 6.66. The Hall–Kier alpha value is -1.29. The second-order valence-corrected chi connectivity index (χ2v) is 3.37. The van der Waals surface area contributed by atoms with Crippen molar-refractivity contribution in [3.63, 3.8) is 0 Å². The molecule has 1 aromatic heterocycles. The van der Waals surface area contributed by atoms with Crippen LogP contribution in [0.4, 0.5) is 0 Å². The van der Waals surface area contributed by atoms with Crippen molar-refractivity contribution in [1.82, 2.24) is 9.97 Å². The Morgan fingerprint density at radius 3 is 2.79 bits per heavy atom. The molecule has 4 nitrogen and oxygen atoms in total. The highest BCUT2D eigenvalue weighted by Crippen LogP contribution is 2.09. The van der Waals surface area contributed by atoms with Crippen LogP contribution in [0.15, 0.2) is 18.6 Å². The second-order valence-electron chi connectivity index (χ2n) is 3.37. The number of aromatic nitrogens is 2. The molecule has 4 heteroatoms. The van der Waals surface area contributed by atoms with Gasteiger partial charge in [-0.2, -0.15) is 0 Å². The highest BCUT2D eigenvalue weighted by atomic mass is 16.1. The van der Waals surface area contributed by atoms with Crippen LogP contribution in [0.5, 0.6) is 0 Å². The topological polar surface area (TPSA) is 68.9 Å². The number of hydrogen-bond acceptors (Lipinski definition) is 4. The fourth-order valence-electron chi connectivity index (χ4n) is 1.11. The predicted octanol–water partition coefficient (Wildman–Crippen LogP) is 1.03. The molecule has 76 valence electrons. The van der Waals surface area contributed by atoms with Crippen molar-refractivity contribution in [2.24, 2.45) is 11.7 Å². The first kappa shape index (κ1) is 10.8. The maximum Gasteiger partial charge on any atom is 0.199 e. The molecule has 0 saturated carbocycles. The quantitative estimate of drug-likeness (QED) is 0.725. The molecule has 2 unspecified atom stereocenters. The molecule has 1 aromatic rings. The molecule has 2 atom stereocenters. The maximum atomic E-state index is 11.7. The Kier molecular flexibility index (Phi) is 3.71. The lowest BCUT2D eigenvalue weighted by Gasteiger charge is -2.15. The monoisotopic (exact) mass is 193 g/mol. The largest absolute Gasteiger partial charge is 0.321 e. The summed E-state index contributed by atoms with van der Waals surface area (Å²) in [5.74, 6) is 0.0388. The van der Waals surface area contributed by atoms with E-state index in [9.17, 15) is 4.79 Å². The molecule has 0 amide bonds. The van der Waals surface area contributed by atoms with Gasteiger partial charge in [0.1, 0.15) is 5.69 Å². The van der Waals surface area contributed by atoms with E-state index in [1.54, 1.807) is 0 Å². The first-order valence-corrected chi connectivity index (χ1v) is 4.72. The van der Waals surface area contributed by atoms with Gasteiger partial charge in [0.2, 0.25) is 0 Å². The summed E-state index contributed by atoms with van der Waals surface area (Å²) < 4.78 is 0. The SMILES string of the molecule is CCC(C)C(N)C(=O)c1cnccn1. The fourth-order valence-corrected chi connectivity index (χ4v) is 1.11. The van der Waals surface area contributed by atoms with E-state index in [1.165, 1.54) is 18.6 Å². The smallest absolute Gasteiger partial charge is 0.199 e. The standard InChI is InChI=1S/C10H15N3O/c1-3-7(2)9(11)10(14)8-6-12-4-5-13-8/h4-7,9H,3,11H2,1-2H3. The summed E-state index contributed by atoms with van der Waals surface area (Å²) in [6.45, 7) is 3.97. The van der Waals surface area contributed by atoms with Crippen LogP contribution in [0.2, 0.25) is 0 Å². The van der Waals surface area contributed by atoms with Crippen molar-refractivity contribution in [3.8, 4) is 0 Å². The van der Waals surface area contributed by atoms with Crippen molar-refractivity contribution in [3.05, 3.63) is 24.3 Å². The molecular weight excluding hydrogens is 178 g/mol. The zero-order valence-electron chi connectivity index (χ0n) is 8.47. The molecule has 0 aliphatic heterocycles. The third kappa shape index (κ3) is 2.35. The molecular formula is C10H15N3O. The lowest BCUT2D eigenvalue weighted by Crippen LogP contribution is -2.37. The minimum atomic E-state index is -0.475. The molecule has 0 spiro atoms. The Bertz CT molecular complexity index is 299. The summed E-state index contributed by atoms with van der Waals surface area (Å²) in [5, 5.41) is 0. The Morgan fingerprint density at radius 2 is 2.29 bits per heavy atom. The van der Waals surface area contributed by atoms with Crippen molar-refractivity contribution in [1.29, 1.82) is 0 Å². The normalized spacial score (nSPS) is 14.8. The minimum Gasteiger partial charge on any atom is -0.321 e. The minimum absolute atomic E-state index is 0.132. The molecule has 1 rings (SSSR count). The van der Waals surface area contributed by atoms with Gasteiger partial charge in [-0.25, -0.2) is 4.98 Å². The number of nitrogens with two attached hydrogens (primary N) is 1. The molecule has 0 saturated heterocycles. The van der Waals surface area contributed by atoms with Gasteiger partial charge in [-0.3, -0.25) is 9.78 Å². The van der Waals surface area contributed by atoms with Crippen molar-refractivity contribution in [2.75, 3.05) is 0 Å². The summed E-state index contributed by atoms with van der Waals surface area (Å²) >= 11 is 0. The molecule has 0 aliphatic rings. The van der Waals surface area contributed by atoms with E-state index in [4.69, 9.17) is 5.73 Å². The summed E-state index contributed by atoms with van der Waals surface area (Å²) in [7, 11) is 0. The number of hydrogen-bond donors (Lipinski definition) is 1. The number of Topliss-reactive ketones (excluding diaryl/α,β-unsaturated/α-hetero) is 1. The third-order valence-corrected chi connectivity index (χ3v) is 2.38. The molecule has 0 aliphatic carbocycles. The number of ketones is 1. The van der Waals surface area contributed by atoms with Crippen LogP contribution in [0, 0.1) is 5.92 Å². The summed E-state index contributed by atoms with van der Waals surface area (Å²) in [6, 6.07) is -0.475. The molecule has 0 aromatic carbocycles. The van der Waals surface area contributed by atoms with Crippen LogP contribution in [-0.4, -0.2) is 21.8 Å². The Morgan fingerprint density at radius 1 is 1.57 bits per heavy atom. The lowest BCUT2D eigenvalue weighted by molar-refractivity contribution is 0.0929. The summed E-state index contributed by atoms with van der Waals surface area (Å²) in [4.78, 5) is 19.5. The van der Waals surface area contributed by atoms with Crippen molar-refractivity contribution < 1.29 is 4.79 Å². The van der Waals surface area contributed by atoms with Gasteiger partial charge in [0.15, 0.2) is 5.78 Å². The van der Waals surface area contributed by atoms with E-state index in [0.29, 0.717) is 5.69 Å². The van der Waals surface area contributed by atoms with Crippen molar-refractivity contribution >= 4 is 5.78 Å². The average molecular weight is 193 g/mol. The van der Waals surface area contributed by atoms with E-state index >= 15 is 0 Å². The molecule has 0 fully saturated rings. The van der Waals surface area contributed by atoms with Gasteiger partial charge in [-0.15, -0.1) is 0 Å².